The zero-order valence-corrected chi connectivity index (χ0v) is 14.2. The van der Waals surface area contributed by atoms with E-state index in [-0.39, 0.29) is 22.9 Å². The number of nitrogens with one attached hydrogen (secondary N) is 1. The van der Waals surface area contributed by atoms with Crippen LogP contribution in [0.25, 0.3) is 0 Å². The maximum absolute atomic E-state index is 12.6. The lowest BCUT2D eigenvalue weighted by molar-refractivity contribution is 0.0662. The zero-order chi connectivity index (χ0) is 16.3. The Morgan fingerprint density at radius 1 is 1.26 bits per heavy atom. The Morgan fingerprint density at radius 2 is 2.00 bits per heavy atom. The Morgan fingerprint density at radius 3 is 2.74 bits per heavy atom. The van der Waals surface area contributed by atoms with Gasteiger partial charge in [0.05, 0.1) is 12.2 Å². The van der Waals surface area contributed by atoms with E-state index in [0.29, 0.717) is 19.8 Å². The van der Waals surface area contributed by atoms with E-state index in [1.807, 2.05) is 0 Å². The van der Waals surface area contributed by atoms with E-state index in [0.717, 1.165) is 38.5 Å². The van der Waals surface area contributed by atoms with Gasteiger partial charge in [-0.05, 0) is 38.1 Å². The van der Waals surface area contributed by atoms with Crippen LogP contribution in [-0.4, -0.2) is 44.0 Å². The number of nitrogens with two attached hydrogens (primary N) is 1. The quantitative estimate of drug-likeness (QED) is 0.832. The van der Waals surface area contributed by atoms with Crippen molar-refractivity contribution in [1.82, 2.24) is 14.5 Å². The van der Waals surface area contributed by atoms with Crippen molar-refractivity contribution in [3.63, 3.8) is 0 Å². The highest BCUT2D eigenvalue weighted by Gasteiger charge is 2.29. The van der Waals surface area contributed by atoms with Gasteiger partial charge in [-0.1, -0.05) is 12.8 Å². The second kappa shape index (κ2) is 7.29. The third-order valence-corrected chi connectivity index (χ3v) is 6.42. The van der Waals surface area contributed by atoms with Crippen LogP contribution in [0.15, 0.2) is 17.3 Å². The number of nitrogens with zero attached hydrogens (tertiary/aromatic N) is 2. The van der Waals surface area contributed by atoms with Gasteiger partial charge in [-0.2, -0.15) is 5.10 Å². The van der Waals surface area contributed by atoms with Crippen molar-refractivity contribution in [2.75, 3.05) is 19.8 Å². The van der Waals surface area contributed by atoms with Crippen LogP contribution in [0.3, 0.4) is 0 Å². The van der Waals surface area contributed by atoms with Crippen LogP contribution in [0.2, 0.25) is 0 Å². The largest absolute Gasteiger partial charge is 0.381 e. The summed E-state index contributed by atoms with van der Waals surface area (Å²) in [6.45, 7) is 1.92. The normalized spacial score (nSPS) is 27.2. The number of hydrogen-bond acceptors (Lipinski definition) is 5. The van der Waals surface area contributed by atoms with Crippen LogP contribution in [0.1, 0.15) is 44.6 Å². The summed E-state index contributed by atoms with van der Waals surface area (Å²) in [7, 11) is -3.54. The van der Waals surface area contributed by atoms with Gasteiger partial charge in [0, 0.05) is 25.5 Å². The van der Waals surface area contributed by atoms with Crippen molar-refractivity contribution >= 4 is 10.0 Å². The minimum atomic E-state index is -3.54. The summed E-state index contributed by atoms with van der Waals surface area (Å²) in [5.74, 6) is 0.226. The Kier molecular flexibility index (Phi) is 5.35. The van der Waals surface area contributed by atoms with Crippen molar-refractivity contribution in [2.24, 2.45) is 11.7 Å². The van der Waals surface area contributed by atoms with E-state index in [9.17, 15) is 8.42 Å². The van der Waals surface area contributed by atoms with E-state index in [2.05, 4.69) is 9.82 Å². The monoisotopic (exact) mass is 342 g/mol. The summed E-state index contributed by atoms with van der Waals surface area (Å²) in [4.78, 5) is 0.241. The van der Waals surface area contributed by atoms with Gasteiger partial charge in [-0.25, -0.2) is 13.1 Å². The SMILES string of the molecule is NC[C@H]1CCCC[C@@H]1NS(=O)(=O)c1cnn(C2CCOCC2)c1. The molecule has 0 bridgehead atoms. The second-order valence-corrected chi connectivity index (χ2v) is 8.22. The Hall–Kier alpha value is -0.960. The van der Waals surface area contributed by atoms with Crippen LogP contribution >= 0.6 is 0 Å². The number of sulfonamides is 1. The molecule has 8 heteroatoms. The van der Waals surface area contributed by atoms with Crippen molar-refractivity contribution in [3.8, 4) is 0 Å². The minimum Gasteiger partial charge on any atom is -0.381 e. The first-order chi connectivity index (χ1) is 11.1. The molecule has 0 amide bonds. The van der Waals surface area contributed by atoms with Crippen LogP contribution in [0, 0.1) is 5.92 Å². The second-order valence-electron chi connectivity index (χ2n) is 6.51. The number of hydrogen-bond donors (Lipinski definition) is 2. The molecule has 0 aromatic carbocycles. The minimum absolute atomic E-state index is 0.0646. The van der Waals surface area contributed by atoms with Crippen molar-refractivity contribution in [2.45, 2.75) is 55.5 Å². The van der Waals surface area contributed by atoms with Gasteiger partial charge in [-0.3, -0.25) is 4.68 Å². The van der Waals surface area contributed by atoms with Gasteiger partial charge in [0.25, 0.3) is 0 Å². The third-order valence-electron chi connectivity index (χ3n) is 4.97. The number of rotatable bonds is 5. The summed E-state index contributed by atoms with van der Waals surface area (Å²) in [6.07, 6.45) is 8.84. The van der Waals surface area contributed by atoms with Crippen LogP contribution in [-0.2, 0) is 14.8 Å². The highest BCUT2D eigenvalue weighted by atomic mass is 32.2. The molecule has 1 aromatic heterocycles. The Balaban J connectivity index is 1.70. The van der Waals surface area contributed by atoms with Crippen LogP contribution in [0.4, 0.5) is 0 Å². The van der Waals surface area contributed by atoms with Gasteiger partial charge in [-0.15, -0.1) is 0 Å². The van der Waals surface area contributed by atoms with Gasteiger partial charge in [0.1, 0.15) is 4.90 Å². The van der Waals surface area contributed by atoms with Gasteiger partial charge in [0.2, 0.25) is 10.0 Å². The van der Waals surface area contributed by atoms with E-state index in [4.69, 9.17) is 10.5 Å². The first-order valence-corrected chi connectivity index (χ1v) is 9.93. The van der Waals surface area contributed by atoms with E-state index < -0.39 is 10.0 Å². The van der Waals surface area contributed by atoms with E-state index in [1.54, 1.807) is 10.9 Å². The smallest absolute Gasteiger partial charge is 0.243 e. The third kappa shape index (κ3) is 3.93. The summed E-state index contributed by atoms with van der Waals surface area (Å²) in [5.41, 5.74) is 5.79. The molecule has 3 N–H and O–H groups in total. The molecule has 0 radical (unpaired) electrons. The molecule has 23 heavy (non-hydrogen) atoms. The molecule has 0 unspecified atom stereocenters. The molecule has 2 aliphatic rings. The zero-order valence-electron chi connectivity index (χ0n) is 13.4. The van der Waals surface area contributed by atoms with Gasteiger partial charge >= 0.3 is 0 Å². The lowest BCUT2D eigenvalue weighted by Crippen LogP contribution is -2.44. The molecular weight excluding hydrogens is 316 g/mol. The molecule has 2 heterocycles. The van der Waals surface area contributed by atoms with Crippen LogP contribution in [0.5, 0.6) is 0 Å². The lowest BCUT2D eigenvalue weighted by Gasteiger charge is -2.30. The fraction of sp³-hybridized carbons (Fsp3) is 0.800. The Bertz CT molecular complexity index is 610. The number of aromatic nitrogens is 2. The fourth-order valence-electron chi connectivity index (χ4n) is 3.52. The summed E-state index contributed by atoms with van der Waals surface area (Å²) in [6, 6.07) is 0.157. The molecular formula is C15H26N4O3S. The summed E-state index contributed by atoms with van der Waals surface area (Å²) < 4.78 is 35.2. The molecule has 1 saturated carbocycles. The first kappa shape index (κ1) is 16.9. The van der Waals surface area contributed by atoms with E-state index >= 15 is 0 Å². The summed E-state index contributed by atoms with van der Waals surface area (Å²) >= 11 is 0. The predicted octanol–water partition coefficient (Wildman–Crippen LogP) is 1.03. The molecule has 1 aliphatic carbocycles. The van der Waals surface area contributed by atoms with E-state index in [1.165, 1.54) is 6.20 Å². The predicted molar refractivity (Wildman–Crippen MR) is 86.4 cm³/mol. The molecule has 130 valence electrons. The topological polar surface area (TPSA) is 99.2 Å². The molecule has 1 aliphatic heterocycles. The average Bonchev–Trinajstić information content (AvgIpc) is 3.07. The standard InChI is InChI=1S/C15H26N4O3S/c16-9-12-3-1-2-4-15(12)18-23(20,21)14-10-17-19(11-14)13-5-7-22-8-6-13/h10-13,15,18H,1-9,16H2/t12-,15+/m1/s1. The van der Waals surface area contributed by atoms with Gasteiger partial charge < -0.3 is 10.5 Å². The average molecular weight is 342 g/mol. The highest BCUT2D eigenvalue weighted by molar-refractivity contribution is 7.89. The summed E-state index contributed by atoms with van der Waals surface area (Å²) in [5, 5.41) is 4.26. The molecule has 1 aromatic rings. The molecule has 2 atom stereocenters. The first-order valence-electron chi connectivity index (χ1n) is 8.44. The maximum Gasteiger partial charge on any atom is 0.243 e. The fourth-order valence-corrected chi connectivity index (χ4v) is 4.80. The Labute approximate surface area is 137 Å². The molecule has 1 saturated heterocycles. The molecule has 2 fully saturated rings. The molecule has 0 spiro atoms. The van der Waals surface area contributed by atoms with Crippen molar-refractivity contribution < 1.29 is 13.2 Å². The maximum atomic E-state index is 12.6. The molecule has 3 rings (SSSR count). The van der Waals surface area contributed by atoms with Crippen molar-refractivity contribution in [3.05, 3.63) is 12.4 Å². The lowest BCUT2D eigenvalue weighted by atomic mass is 9.85. The molecule has 7 nitrogen and oxygen atoms in total. The van der Waals surface area contributed by atoms with Crippen molar-refractivity contribution in [1.29, 1.82) is 0 Å². The number of ether oxygens (including phenoxy) is 1. The highest BCUT2D eigenvalue weighted by Crippen LogP contribution is 2.26. The van der Waals surface area contributed by atoms with Gasteiger partial charge in [0.15, 0.2) is 0 Å². The van der Waals surface area contributed by atoms with Crippen LogP contribution < -0.4 is 10.5 Å².